The van der Waals surface area contributed by atoms with Crippen LogP contribution in [-0.4, -0.2) is 23.1 Å². The summed E-state index contributed by atoms with van der Waals surface area (Å²) in [5.74, 6) is 1.66. The van der Waals surface area contributed by atoms with Crippen LogP contribution in [0.3, 0.4) is 0 Å². The summed E-state index contributed by atoms with van der Waals surface area (Å²) < 4.78 is 1.01. The summed E-state index contributed by atoms with van der Waals surface area (Å²) in [4.78, 5) is 11.3. The molecule has 3 rings (SSSR count). The Morgan fingerprint density at radius 2 is 1.76 bits per heavy atom. The zero-order valence-corrected chi connectivity index (χ0v) is 13.5. The first-order valence-electron chi connectivity index (χ1n) is 7.42. The fourth-order valence-electron chi connectivity index (χ4n) is 2.57. The number of hydrogen-bond donors (Lipinski definition) is 1. The molecule has 0 unspecified atom stereocenters. The third-order valence-electron chi connectivity index (χ3n) is 3.69. The average molecular weight is 347 g/mol. The van der Waals surface area contributed by atoms with Crippen LogP contribution in [0.1, 0.15) is 25.7 Å². The lowest BCUT2D eigenvalue weighted by Crippen LogP contribution is -2.25. The molecule has 2 heterocycles. The summed E-state index contributed by atoms with van der Waals surface area (Å²) in [6.07, 6.45) is 6.97. The van der Waals surface area contributed by atoms with E-state index >= 15 is 0 Å². The molecular weight excluding hydrogens is 328 g/mol. The van der Waals surface area contributed by atoms with Gasteiger partial charge >= 0.3 is 0 Å². The molecular formula is C16H19BrN4. The second kappa shape index (κ2) is 6.89. The lowest BCUT2D eigenvalue weighted by atomic mass is 10.2. The third kappa shape index (κ3) is 3.73. The highest BCUT2D eigenvalue weighted by Gasteiger charge is 2.12. The number of hydrogen-bond acceptors (Lipinski definition) is 4. The third-order valence-corrected chi connectivity index (χ3v) is 4.38. The van der Waals surface area contributed by atoms with Crippen molar-refractivity contribution in [2.24, 2.45) is 0 Å². The van der Waals surface area contributed by atoms with Crippen LogP contribution in [0.5, 0.6) is 0 Å². The smallest absolute Gasteiger partial charge is 0.229 e. The fourth-order valence-corrected chi connectivity index (χ4v) is 2.95. The molecule has 1 aliphatic rings. The van der Waals surface area contributed by atoms with E-state index in [4.69, 9.17) is 0 Å². The molecule has 4 nitrogen and oxygen atoms in total. The molecule has 0 amide bonds. The highest BCUT2D eigenvalue weighted by Crippen LogP contribution is 2.25. The number of anilines is 3. The number of halogens is 1. The first-order chi connectivity index (χ1) is 10.3. The van der Waals surface area contributed by atoms with E-state index in [-0.39, 0.29) is 0 Å². The van der Waals surface area contributed by atoms with Crippen molar-refractivity contribution in [3.8, 4) is 0 Å². The van der Waals surface area contributed by atoms with Crippen molar-refractivity contribution in [1.29, 1.82) is 0 Å². The number of rotatable bonds is 3. The van der Waals surface area contributed by atoms with Gasteiger partial charge < -0.3 is 10.2 Å². The molecule has 5 heteroatoms. The Kier molecular flexibility index (Phi) is 4.70. The first kappa shape index (κ1) is 14.3. The first-order valence-corrected chi connectivity index (χ1v) is 8.22. The number of nitrogens with zero attached hydrogens (tertiary/aromatic N) is 3. The van der Waals surface area contributed by atoms with E-state index in [2.05, 4.69) is 36.1 Å². The molecule has 1 aromatic heterocycles. The normalized spacial score (nSPS) is 15.6. The Balaban J connectivity index is 1.78. The summed E-state index contributed by atoms with van der Waals surface area (Å²) in [7, 11) is 0. The molecule has 0 aliphatic carbocycles. The molecule has 110 valence electrons. The van der Waals surface area contributed by atoms with E-state index in [0.29, 0.717) is 5.95 Å². The van der Waals surface area contributed by atoms with Gasteiger partial charge in [-0.3, -0.25) is 0 Å². The topological polar surface area (TPSA) is 41.1 Å². The lowest BCUT2D eigenvalue weighted by molar-refractivity contribution is 0.726. The van der Waals surface area contributed by atoms with Crippen molar-refractivity contribution in [2.75, 3.05) is 23.3 Å². The van der Waals surface area contributed by atoms with E-state index < -0.39 is 0 Å². The molecule has 0 atom stereocenters. The van der Waals surface area contributed by atoms with Gasteiger partial charge in [-0.05, 0) is 47.0 Å². The monoisotopic (exact) mass is 346 g/mol. The van der Waals surface area contributed by atoms with Crippen molar-refractivity contribution >= 4 is 33.4 Å². The molecule has 0 radical (unpaired) electrons. The fraction of sp³-hybridized carbons (Fsp3) is 0.375. The van der Waals surface area contributed by atoms with E-state index in [1.54, 1.807) is 0 Å². The lowest BCUT2D eigenvalue weighted by Gasteiger charge is -2.21. The Bertz CT molecular complexity index is 594. The van der Waals surface area contributed by atoms with Crippen LogP contribution in [0.15, 0.2) is 41.0 Å². The van der Waals surface area contributed by atoms with Crippen LogP contribution >= 0.6 is 15.9 Å². The molecule has 1 aromatic carbocycles. The summed E-state index contributed by atoms with van der Waals surface area (Å²) in [6, 6.07) is 9.99. The van der Waals surface area contributed by atoms with Crippen LogP contribution in [0.2, 0.25) is 0 Å². The maximum absolute atomic E-state index is 4.66. The predicted octanol–water partition coefficient (Wildman–Crippen LogP) is 4.36. The van der Waals surface area contributed by atoms with Crippen molar-refractivity contribution < 1.29 is 0 Å². The molecule has 1 aliphatic heterocycles. The second-order valence-electron chi connectivity index (χ2n) is 5.24. The minimum absolute atomic E-state index is 0.642. The van der Waals surface area contributed by atoms with E-state index in [9.17, 15) is 0 Å². The zero-order chi connectivity index (χ0) is 14.5. The van der Waals surface area contributed by atoms with Gasteiger partial charge in [-0.2, -0.15) is 4.98 Å². The number of nitrogens with one attached hydrogen (secondary N) is 1. The molecule has 0 bridgehead atoms. The molecule has 1 fully saturated rings. The second-order valence-corrected chi connectivity index (χ2v) is 6.10. The molecule has 2 aromatic rings. The van der Waals surface area contributed by atoms with Gasteiger partial charge in [0.25, 0.3) is 0 Å². The van der Waals surface area contributed by atoms with Gasteiger partial charge in [-0.25, -0.2) is 4.98 Å². The minimum atomic E-state index is 0.642. The Labute approximate surface area is 133 Å². The summed E-state index contributed by atoms with van der Waals surface area (Å²) >= 11 is 3.53. The van der Waals surface area contributed by atoms with Crippen LogP contribution in [0, 0.1) is 0 Å². The average Bonchev–Trinajstić information content (AvgIpc) is 2.79. The van der Waals surface area contributed by atoms with Crippen molar-refractivity contribution in [1.82, 2.24) is 9.97 Å². The number of benzene rings is 1. The van der Waals surface area contributed by atoms with Gasteiger partial charge in [0.1, 0.15) is 5.82 Å². The maximum Gasteiger partial charge on any atom is 0.229 e. The molecule has 21 heavy (non-hydrogen) atoms. The zero-order valence-electron chi connectivity index (χ0n) is 11.9. The van der Waals surface area contributed by atoms with E-state index in [0.717, 1.165) is 29.1 Å². The van der Waals surface area contributed by atoms with E-state index in [1.165, 1.54) is 25.7 Å². The highest BCUT2D eigenvalue weighted by molar-refractivity contribution is 9.10. The minimum Gasteiger partial charge on any atom is -0.356 e. The summed E-state index contributed by atoms with van der Waals surface area (Å²) in [5.41, 5.74) is 0.977. The van der Waals surface area contributed by atoms with Crippen LogP contribution in [0.25, 0.3) is 0 Å². The Morgan fingerprint density at radius 3 is 2.52 bits per heavy atom. The Hall–Kier alpha value is -1.62. The summed E-state index contributed by atoms with van der Waals surface area (Å²) in [6.45, 7) is 2.18. The molecule has 1 saturated heterocycles. The number of para-hydroxylation sites is 1. The van der Waals surface area contributed by atoms with Gasteiger partial charge in [-0.15, -0.1) is 0 Å². The molecule has 1 N–H and O–H groups in total. The van der Waals surface area contributed by atoms with Gasteiger partial charge in [0.15, 0.2) is 0 Å². The highest BCUT2D eigenvalue weighted by atomic mass is 79.9. The van der Waals surface area contributed by atoms with Gasteiger partial charge in [0.2, 0.25) is 5.95 Å². The van der Waals surface area contributed by atoms with E-state index in [1.807, 2.05) is 36.5 Å². The van der Waals surface area contributed by atoms with Crippen LogP contribution in [-0.2, 0) is 0 Å². The van der Waals surface area contributed by atoms with Gasteiger partial charge in [0.05, 0.1) is 5.69 Å². The SMILES string of the molecule is Brc1ccccc1Nc1nccc(N2CCCCCC2)n1. The molecule has 0 saturated carbocycles. The van der Waals surface area contributed by atoms with Crippen molar-refractivity contribution in [3.05, 3.63) is 41.0 Å². The van der Waals surface area contributed by atoms with Crippen LogP contribution in [0.4, 0.5) is 17.5 Å². The molecule has 0 spiro atoms. The van der Waals surface area contributed by atoms with Crippen LogP contribution < -0.4 is 10.2 Å². The maximum atomic E-state index is 4.66. The predicted molar refractivity (Wildman–Crippen MR) is 90.1 cm³/mol. The largest absolute Gasteiger partial charge is 0.356 e. The van der Waals surface area contributed by atoms with Gasteiger partial charge in [0, 0.05) is 23.8 Å². The summed E-state index contributed by atoms with van der Waals surface area (Å²) in [5, 5.41) is 3.27. The van der Waals surface area contributed by atoms with Crippen molar-refractivity contribution in [2.45, 2.75) is 25.7 Å². The Morgan fingerprint density at radius 1 is 1.00 bits per heavy atom. The van der Waals surface area contributed by atoms with Gasteiger partial charge in [-0.1, -0.05) is 25.0 Å². The quantitative estimate of drug-likeness (QED) is 0.896. The number of aromatic nitrogens is 2. The standard InChI is InChI=1S/C16H19BrN4/c17-13-7-3-4-8-14(13)19-16-18-10-9-15(20-16)21-11-5-1-2-6-12-21/h3-4,7-10H,1-2,5-6,11-12H2,(H,18,19,20). The van der Waals surface area contributed by atoms with Crippen molar-refractivity contribution in [3.63, 3.8) is 0 Å².